The van der Waals surface area contributed by atoms with Crippen molar-refractivity contribution < 1.29 is 96.2 Å². The van der Waals surface area contributed by atoms with Crippen LogP contribution in [0.3, 0.4) is 0 Å². The minimum absolute atomic E-state index is 0.00909. The number of rotatable bonds is 77. The largest absolute Gasteiger partial charge is 0.508 e. The van der Waals surface area contributed by atoms with E-state index in [9.17, 15) is 86.6 Å². The minimum Gasteiger partial charge on any atom is -0.508 e. The summed E-state index contributed by atoms with van der Waals surface area (Å²) in [7, 11) is 0. The van der Waals surface area contributed by atoms with Gasteiger partial charge in [-0.2, -0.15) is 0 Å². The monoisotopic (exact) mass is 2100 g/mol. The summed E-state index contributed by atoms with van der Waals surface area (Å²) < 4.78 is 0. The number of benzene rings is 1. The molecule has 58 nitrogen and oxygen atoms in total. The molecule has 0 spiro atoms. The van der Waals surface area contributed by atoms with Gasteiger partial charge in [-0.05, 0) is 190 Å². The van der Waals surface area contributed by atoms with Crippen molar-refractivity contribution in [1.29, 1.82) is 32.5 Å². The van der Waals surface area contributed by atoms with E-state index in [4.69, 9.17) is 84.1 Å². The molecule has 0 aliphatic rings. The van der Waals surface area contributed by atoms with Gasteiger partial charge in [0, 0.05) is 59.0 Å². The van der Waals surface area contributed by atoms with Gasteiger partial charge in [0.1, 0.15) is 84.5 Å². The fraction of sp³-hybridized carbons (Fsp3) is 0.656. The molecular formula is C90H162N38O20. The van der Waals surface area contributed by atoms with Crippen LogP contribution in [0.2, 0.25) is 0 Å². The number of phenolic OH excluding ortho intramolecular Hbond substituents is 1. The van der Waals surface area contributed by atoms with Gasteiger partial charge in [0.2, 0.25) is 106 Å². The van der Waals surface area contributed by atoms with E-state index >= 15 is 9.59 Å². The van der Waals surface area contributed by atoms with E-state index in [1.165, 1.54) is 31.2 Å². The van der Waals surface area contributed by atoms with Crippen LogP contribution in [0.1, 0.15) is 202 Å². The second-order valence-electron chi connectivity index (χ2n) is 36.5. The van der Waals surface area contributed by atoms with E-state index in [0.29, 0.717) is 31.1 Å². The van der Waals surface area contributed by atoms with E-state index in [2.05, 4.69) is 122 Å². The molecule has 0 heterocycles. The first kappa shape index (κ1) is 131. The highest BCUT2D eigenvalue weighted by molar-refractivity contribution is 6.01. The third kappa shape index (κ3) is 61.1. The summed E-state index contributed by atoms with van der Waals surface area (Å²) in [5.74, 6) is -19.7. The number of primary amides is 1. The summed E-state index contributed by atoms with van der Waals surface area (Å²) in [5.41, 5.74) is 51.3. The summed E-state index contributed by atoms with van der Waals surface area (Å²) >= 11 is 0. The van der Waals surface area contributed by atoms with E-state index in [-0.39, 0.29) is 198 Å². The summed E-state index contributed by atoms with van der Waals surface area (Å²) in [5, 5.41) is 115. The Morgan fingerprint density at radius 1 is 0.284 bits per heavy atom. The number of nitrogens with two attached hydrogens (primary N) is 9. The SMILES string of the molecule is CC(=O)N[C@@H](Cc1ccc(O)cc1)C(=O)NCC(=O)N[C@@H](CCCNC(=N)N)C(=O)N[C@@H](CCCCN)C(=O)N[C@@H](CCCCN)C(=O)N[C@@H](CCCNC(=N)N)C(=O)N[C@@H](CCCNC(=N)N)C(=O)N[C@@H](CCC(N)=O)C(=O)N[C@@H](CCCNC(=N)N)C(=O)N[C@@H](CCCNC(=N)N)C(=O)N[C@@H](CCCNC(=N)N)C(=O)NCC(=O)NCC(=O)NCC(=O)N[C@@H](CC(C)C)C(=O)N[C@@H](CC(C)C)C(=O)N[C@H](C=O)CC(C)C. The number of carbonyl (C=O) groups excluding carboxylic acids is 19. The van der Waals surface area contributed by atoms with Crippen LogP contribution in [0.4, 0.5) is 0 Å². The molecule has 0 aliphatic heterocycles. The maximum atomic E-state index is 15.1. The Labute approximate surface area is 860 Å². The third-order valence-corrected chi connectivity index (χ3v) is 21.9. The van der Waals surface area contributed by atoms with Crippen LogP contribution in [0, 0.1) is 50.2 Å². The summed E-state index contributed by atoms with van der Waals surface area (Å²) in [6.45, 7) is 9.07. The Morgan fingerprint density at radius 2 is 0.527 bits per heavy atom. The third-order valence-electron chi connectivity index (χ3n) is 21.9. The molecule has 0 unspecified atom stereocenters. The van der Waals surface area contributed by atoms with Crippen molar-refractivity contribution in [2.45, 2.75) is 281 Å². The topological polar surface area (TPSA) is 999 Å². The molecule has 0 radical (unpaired) electrons. The fourth-order valence-electron chi connectivity index (χ4n) is 14.5. The molecule has 58 heteroatoms. The van der Waals surface area contributed by atoms with Crippen molar-refractivity contribution in [3.8, 4) is 5.75 Å². The zero-order chi connectivity index (χ0) is 112. The van der Waals surface area contributed by atoms with Crippen molar-refractivity contribution in [3.05, 3.63) is 29.8 Å². The molecule has 13 atom stereocenters. The average Bonchev–Trinajstić information content (AvgIpc) is 0.836. The molecule has 0 bridgehead atoms. The highest BCUT2D eigenvalue weighted by Crippen LogP contribution is 2.17. The highest BCUT2D eigenvalue weighted by atomic mass is 16.3. The van der Waals surface area contributed by atoms with Crippen LogP contribution >= 0.6 is 0 Å². The first-order valence-electron chi connectivity index (χ1n) is 49.2. The van der Waals surface area contributed by atoms with E-state index in [1.54, 1.807) is 13.8 Å². The van der Waals surface area contributed by atoms with Crippen LogP contribution in [0.25, 0.3) is 0 Å². The number of guanidine groups is 6. The number of phenols is 1. The quantitative estimate of drug-likeness (QED) is 0.0125. The zero-order valence-corrected chi connectivity index (χ0v) is 85.5. The van der Waals surface area contributed by atoms with Crippen molar-refractivity contribution in [2.24, 2.45) is 69.4 Å². The van der Waals surface area contributed by atoms with E-state index in [0.717, 1.165) is 0 Å². The van der Waals surface area contributed by atoms with E-state index in [1.807, 2.05) is 27.7 Å². The summed E-state index contributed by atoms with van der Waals surface area (Å²) in [4.78, 5) is 264. The summed E-state index contributed by atoms with van der Waals surface area (Å²) in [6, 6.07) is -13.0. The van der Waals surface area contributed by atoms with Crippen molar-refractivity contribution in [3.63, 3.8) is 0 Å². The molecule has 0 fully saturated rings. The van der Waals surface area contributed by atoms with Gasteiger partial charge >= 0.3 is 0 Å². The molecule has 0 aliphatic carbocycles. The highest BCUT2D eigenvalue weighted by Gasteiger charge is 2.38. The second kappa shape index (κ2) is 73.7. The lowest BCUT2D eigenvalue weighted by Crippen LogP contribution is -2.60. The Bertz CT molecular complexity index is 4530. The molecule has 48 N–H and O–H groups in total. The van der Waals surface area contributed by atoms with Gasteiger partial charge in [0.25, 0.3) is 0 Å². The molecular weight excluding hydrogens is 1930 g/mol. The van der Waals surface area contributed by atoms with Gasteiger partial charge in [0.15, 0.2) is 35.8 Å². The van der Waals surface area contributed by atoms with Crippen LogP contribution < -0.4 is 174 Å². The molecule has 0 saturated carbocycles. The molecule has 832 valence electrons. The van der Waals surface area contributed by atoms with Gasteiger partial charge < -0.3 is 184 Å². The maximum Gasteiger partial charge on any atom is 0.243 e. The van der Waals surface area contributed by atoms with Crippen LogP contribution in [-0.4, -0.2) is 311 Å². The maximum absolute atomic E-state index is 15.1. The summed E-state index contributed by atoms with van der Waals surface area (Å²) in [6.07, 6.45) is -1.03. The first-order chi connectivity index (χ1) is 69.9. The number of nitrogens with one attached hydrogen (secondary N) is 29. The Kier molecular flexibility index (Phi) is 65.1. The number of amides is 18. The van der Waals surface area contributed by atoms with Crippen LogP contribution in [0.5, 0.6) is 5.75 Å². The van der Waals surface area contributed by atoms with Crippen LogP contribution in [-0.2, 0) is 97.5 Å². The zero-order valence-electron chi connectivity index (χ0n) is 85.5. The lowest BCUT2D eigenvalue weighted by Gasteiger charge is -2.28. The van der Waals surface area contributed by atoms with E-state index < -0.39 is 260 Å². The number of unbranched alkanes of at least 4 members (excludes halogenated alkanes) is 2. The van der Waals surface area contributed by atoms with Gasteiger partial charge in [-0.1, -0.05) is 53.7 Å². The molecule has 18 amide bonds. The first-order valence-corrected chi connectivity index (χ1v) is 49.2. The Hall–Kier alpha value is -15.3. The van der Waals surface area contributed by atoms with Crippen molar-refractivity contribution >= 4 is 148 Å². The fourth-order valence-corrected chi connectivity index (χ4v) is 14.5. The number of aromatic hydroxyl groups is 1. The number of hydrogen-bond acceptors (Lipinski definition) is 28. The van der Waals surface area contributed by atoms with Crippen molar-refractivity contribution in [2.75, 3.05) is 78.5 Å². The molecule has 0 saturated heterocycles. The second-order valence-corrected chi connectivity index (χ2v) is 36.5. The van der Waals surface area contributed by atoms with Gasteiger partial charge in [-0.3, -0.25) is 119 Å². The Balaban J connectivity index is 3.90. The molecule has 1 aromatic carbocycles. The standard InChI is InChI=1S/C90H162N38O20/c1-49(2)40-54(48-129)117-83(147)66(42-51(5)6)128-84(148)65(41-50(3)4)119-71(135)46-113-69(133)44-112-70(134)45-114-73(137)56(20-12-34-106-85(94)95)120-78(142)60(22-14-36-108-87(98)99)124-80(144)62(24-16-38-110-89(102)103)126-82(146)64(30-31-68(93)132)127-81(145)63(25-17-39-111-90(104)105)125-79(143)61(23-15-37-109-88(100)101)123-77(141)59(19-9-11-33-92)122-76(140)58(18-8-10-32-91)121-75(139)57(21-13-35-107-86(96)97)118-72(136)47-115-74(138)67(116-52(7)130)43-53-26-28-55(131)29-27-53/h26-29,48-51,54,56-67,131H,8-25,30-47,91-92H2,1-7H3,(H2,93,132)(H,112,134)(H,113,133)(H,114,137)(H,115,138)(H,116,130)(H,117,147)(H,118,136)(H,119,135)(H,120,142)(H,121,139)(H,122,140)(H,123,141)(H,124,144)(H,125,143)(H,126,146)(H,127,145)(H,128,148)(H4,94,95,106)(H4,96,97,107)(H4,98,99,108)(H4,100,101,109)(H4,102,103,110)(H4,104,105,111)/t54-,56-,57-,58-,59-,60-,61-,62-,63-,64-,65-,66-,67-/m0/s1. The predicted octanol–water partition coefficient (Wildman–Crippen LogP) is -10.8. The normalized spacial score (nSPS) is 13.5. The lowest BCUT2D eigenvalue weighted by molar-refractivity contribution is -0.136. The van der Waals surface area contributed by atoms with Crippen LogP contribution in [0.15, 0.2) is 24.3 Å². The van der Waals surface area contributed by atoms with Crippen molar-refractivity contribution in [1.82, 2.24) is 122 Å². The molecule has 148 heavy (non-hydrogen) atoms. The number of aldehydes is 1. The van der Waals surface area contributed by atoms with Gasteiger partial charge in [0.05, 0.1) is 32.2 Å². The average molecular weight is 2100 g/mol. The van der Waals surface area contributed by atoms with Gasteiger partial charge in [-0.25, -0.2) is 0 Å². The lowest BCUT2D eigenvalue weighted by atomic mass is 9.99. The Morgan fingerprint density at radius 3 is 0.818 bits per heavy atom. The molecule has 1 rings (SSSR count). The van der Waals surface area contributed by atoms with Gasteiger partial charge in [-0.15, -0.1) is 0 Å². The number of hydrogen-bond donors (Lipinski definition) is 39. The number of carbonyl (C=O) groups is 19. The smallest absolute Gasteiger partial charge is 0.243 e. The molecule has 0 aromatic heterocycles. The molecule has 1 aromatic rings. The predicted molar refractivity (Wildman–Crippen MR) is 548 cm³/mol. The minimum atomic E-state index is -1.84.